The molecule has 3 N–H and O–H groups in total. The van der Waals surface area contributed by atoms with Crippen LogP contribution in [0.3, 0.4) is 0 Å². The molecule has 0 radical (unpaired) electrons. The molecule has 4 rings (SSSR count). The third-order valence-corrected chi connectivity index (χ3v) is 6.15. The number of aryl methyl sites for hydroxylation is 2. The number of carbonyl (C=O) groups is 1. The van der Waals surface area contributed by atoms with Gasteiger partial charge in [-0.2, -0.15) is 0 Å². The molecule has 1 amide bonds. The van der Waals surface area contributed by atoms with E-state index in [0.29, 0.717) is 29.9 Å². The number of nitrogens with one attached hydrogen (secondary N) is 3. The van der Waals surface area contributed by atoms with E-state index in [4.69, 9.17) is 0 Å². The predicted molar refractivity (Wildman–Crippen MR) is 115 cm³/mol. The third kappa shape index (κ3) is 4.25. The monoisotopic (exact) mass is 407 g/mol. The molecule has 0 bridgehead atoms. The van der Waals surface area contributed by atoms with Crippen LogP contribution < -0.4 is 15.4 Å². The minimum atomic E-state index is -3.78. The Labute approximate surface area is 170 Å². The van der Waals surface area contributed by atoms with Crippen LogP contribution >= 0.6 is 0 Å². The van der Waals surface area contributed by atoms with Gasteiger partial charge < -0.3 is 10.6 Å². The van der Waals surface area contributed by atoms with Crippen molar-refractivity contribution in [3.05, 3.63) is 77.9 Å². The Morgan fingerprint density at radius 3 is 2.38 bits per heavy atom. The van der Waals surface area contributed by atoms with E-state index < -0.39 is 10.0 Å². The summed E-state index contributed by atoms with van der Waals surface area (Å²) in [4.78, 5) is 11.7. The van der Waals surface area contributed by atoms with Crippen molar-refractivity contribution in [2.24, 2.45) is 0 Å². The zero-order valence-corrected chi connectivity index (χ0v) is 16.7. The maximum Gasteiger partial charge on any atom is 0.261 e. The van der Waals surface area contributed by atoms with Crippen LogP contribution in [0.1, 0.15) is 17.5 Å². The lowest BCUT2D eigenvalue weighted by Gasteiger charge is -2.18. The number of hydrogen-bond donors (Lipinski definition) is 3. The van der Waals surface area contributed by atoms with Crippen molar-refractivity contribution < 1.29 is 13.2 Å². The summed E-state index contributed by atoms with van der Waals surface area (Å²) in [5.41, 5.74) is 4.62. The molecule has 3 aromatic rings. The zero-order valence-electron chi connectivity index (χ0n) is 15.9. The van der Waals surface area contributed by atoms with E-state index in [1.165, 1.54) is 6.07 Å². The molecule has 0 spiro atoms. The normalized spacial score (nSPS) is 13.3. The lowest BCUT2D eigenvalue weighted by molar-refractivity contribution is -0.116. The van der Waals surface area contributed by atoms with Crippen molar-refractivity contribution in [2.75, 3.05) is 15.4 Å². The van der Waals surface area contributed by atoms with Gasteiger partial charge in [-0.25, -0.2) is 8.42 Å². The third-order valence-electron chi connectivity index (χ3n) is 4.78. The second kappa shape index (κ2) is 7.60. The predicted octanol–water partition coefficient (Wildman–Crippen LogP) is 4.42. The first-order chi connectivity index (χ1) is 13.9. The minimum absolute atomic E-state index is 0.0534. The first-order valence-corrected chi connectivity index (χ1v) is 10.8. The highest BCUT2D eigenvalue weighted by molar-refractivity contribution is 7.92. The fourth-order valence-corrected chi connectivity index (χ4v) is 4.33. The summed E-state index contributed by atoms with van der Waals surface area (Å²) in [7, 11) is -3.78. The molecule has 0 saturated carbocycles. The molecule has 6 nitrogen and oxygen atoms in total. The number of anilines is 4. The van der Waals surface area contributed by atoms with Gasteiger partial charge in [-0.15, -0.1) is 0 Å². The standard InChI is InChI=1S/C22H21N3O3S/c1-15-6-9-17(10-7-15)23-20-4-2-3-5-21(20)25-29(27,28)18-11-12-19-16(14-18)8-13-22(26)24-19/h2-7,9-12,14,23,25H,8,13H2,1H3,(H,24,26). The number of para-hydroxylation sites is 2. The molecule has 29 heavy (non-hydrogen) atoms. The van der Waals surface area contributed by atoms with Gasteiger partial charge in [0, 0.05) is 17.8 Å². The molecular formula is C22H21N3O3S. The largest absolute Gasteiger partial charge is 0.354 e. The van der Waals surface area contributed by atoms with E-state index in [9.17, 15) is 13.2 Å². The molecule has 0 unspecified atom stereocenters. The summed E-state index contributed by atoms with van der Waals surface area (Å²) in [6.07, 6.45) is 0.878. The molecule has 0 saturated heterocycles. The maximum atomic E-state index is 13.0. The number of amides is 1. The van der Waals surface area contributed by atoms with Crippen molar-refractivity contribution in [3.63, 3.8) is 0 Å². The average Bonchev–Trinajstić information content (AvgIpc) is 2.70. The van der Waals surface area contributed by atoms with Gasteiger partial charge in [-0.3, -0.25) is 9.52 Å². The van der Waals surface area contributed by atoms with E-state index in [1.807, 2.05) is 43.3 Å². The van der Waals surface area contributed by atoms with E-state index in [1.54, 1.807) is 24.3 Å². The van der Waals surface area contributed by atoms with Gasteiger partial charge in [0.25, 0.3) is 10.0 Å². The van der Waals surface area contributed by atoms with Crippen LogP contribution in [-0.4, -0.2) is 14.3 Å². The lowest BCUT2D eigenvalue weighted by Crippen LogP contribution is -2.20. The summed E-state index contributed by atoms with van der Waals surface area (Å²) < 4.78 is 28.6. The fraction of sp³-hybridized carbons (Fsp3) is 0.136. The van der Waals surface area contributed by atoms with Gasteiger partial charge in [0.1, 0.15) is 0 Å². The molecule has 0 aliphatic carbocycles. The summed E-state index contributed by atoms with van der Waals surface area (Å²) in [6, 6.07) is 19.8. The summed E-state index contributed by atoms with van der Waals surface area (Å²) in [5, 5.41) is 6.02. The summed E-state index contributed by atoms with van der Waals surface area (Å²) >= 11 is 0. The Balaban J connectivity index is 1.60. The Bertz CT molecular complexity index is 1170. The number of sulfonamides is 1. The summed E-state index contributed by atoms with van der Waals surface area (Å²) in [6.45, 7) is 2.01. The van der Waals surface area contributed by atoms with Crippen LogP contribution in [0.25, 0.3) is 0 Å². The topological polar surface area (TPSA) is 87.3 Å². The molecule has 1 heterocycles. The molecule has 0 aromatic heterocycles. The van der Waals surface area contributed by atoms with Crippen molar-refractivity contribution in [3.8, 4) is 0 Å². The van der Waals surface area contributed by atoms with E-state index in [-0.39, 0.29) is 10.8 Å². The molecule has 1 aliphatic heterocycles. The average molecular weight is 407 g/mol. The molecule has 148 valence electrons. The van der Waals surface area contributed by atoms with Gasteiger partial charge in [0.05, 0.1) is 16.3 Å². The van der Waals surface area contributed by atoms with E-state index in [0.717, 1.165) is 16.8 Å². The minimum Gasteiger partial charge on any atom is -0.354 e. The van der Waals surface area contributed by atoms with Gasteiger partial charge in [-0.05, 0) is 61.4 Å². The number of rotatable bonds is 5. The molecule has 3 aromatic carbocycles. The molecular weight excluding hydrogens is 386 g/mol. The van der Waals surface area contributed by atoms with Crippen LogP contribution in [0.2, 0.25) is 0 Å². The first-order valence-electron chi connectivity index (χ1n) is 9.29. The van der Waals surface area contributed by atoms with Crippen molar-refractivity contribution in [1.82, 2.24) is 0 Å². The van der Waals surface area contributed by atoms with Crippen molar-refractivity contribution >= 4 is 38.7 Å². The molecule has 0 fully saturated rings. The van der Waals surface area contributed by atoms with Gasteiger partial charge in [-0.1, -0.05) is 29.8 Å². The van der Waals surface area contributed by atoms with Gasteiger partial charge >= 0.3 is 0 Å². The molecule has 7 heteroatoms. The van der Waals surface area contributed by atoms with Crippen molar-refractivity contribution in [1.29, 1.82) is 0 Å². The van der Waals surface area contributed by atoms with Crippen LogP contribution in [0, 0.1) is 6.92 Å². The van der Waals surface area contributed by atoms with Crippen LogP contribution in [0.15, 0.2) is 71.6 Å². The lowest BCUT2D eigenvalue weighted by atomic mass is 10.0. The van der Waals surface area contributed by atoms with E-state index >= 15 is 0 Å². The second-order valence-corrected chi connectivity index (χ2v) is 8.69. The number of benzene rings is 3. The van der Waals surface area contributed by atoms with Gasteiger partial charge in [0.2, 0.25) is 5.91 Å². The van der Waals surface area contributed by atoms with Gasteiger partial charge in [0.15, 0.2) is 0 Å². The maximum absolute atomic E-state index is 13.0. The SMILES string of the molecule is Cc1ccc(Nc2ccccc2NS(=O)(=O)c2ccc3c(c2)CCC(=O)N3)cc1. The van der Waals surface area contributed by atoms with Crippen LogP contribution in [0.4, 0.5) is 22.7 Å². The number of fused-ring (bicyclic) bond motifs is 1. The highest BCUT2D eigenvalue weighted by Gasteiger charge is 2.21. The highest BCUT2D eigenvalue weighted by atomic mass is 32.2. The summed E-state index contributed by atoms with van der Waals surface area (Å²) in [5.74, 6) is -0.0534. The van der Waals surface area contributed by atoms with E-state index in [2.05, 4.69) is 15.4 Å². The number of carbonyl (C=O) groups excluding carboxylic acids is 1. The number of hydrogen-bond acceptors (Lipinski definition) is 4. The quantitative estimate of drug-likeness (QED) is 0.584. The highest BCUT2D eigenvalue weighted by Crippen LogP contribution is 2.30. The molecule has 1 aliphatic rings. The zero-order chi connectivity index (χ0) is 20.4. The van der Waals surface area contributed by atoms with Crippen LogP contribution in [-0.2, 0) is 21.2 Å². The Hall–Kier alpha value is -3.32. The fourth-order valence-electron chi connectivity index (χ4n) is 3.20. The van der Waals surface area contributed by atoms with Crippen LogP contribution in [0.5, 0.6) is 0 Å². The molecule has 0 atom stereocenters. The van der Waals surface area contributed by atoms with Crippen molar-refractivity contribution in [2.45, 2.75) is 24.7 Å². The Morgan fingerprint density at radius 2 is 1.62 bits per heavy atom. The first kappa shape index (κ1) is 19.0. The Morgan fingerprint density at radius 1 is 0.897 bits per heavy atom. The smallest absolute Gasteiger partial charge is 0.261 e. The Kier molecular flexibility index (Phi) is 4.98. The second-order valence-electron chi connectivity index (χ2n) is 7.01.